The lowest BCUT2D eigenvalue weighted by molar-refractivity contribution is 0.486. The summed E-state index contributed by atoms with van der Waals surface area (Å²) in [5.74, 6) is 0.795. The molecular weight excluding hydrogens is 208 g/mol. The molecule has 0 unspecified atom stereocenters. The van der Waals surface area contributed by atoms with Gasteiger partial charge in [-0.05, 0) is 30.5 Å². The van der Waals surface area contributed by atoms with E-state index in [1.807, 2.05) is 0 Å². The zero-order valence-electron chi connectivity index (χ0n) is 11.4. The molecule has 0 spiro atoms. The van der Waals surface area contributed by atoms with E-state index in [0.29, 0.717) is 6.54 Å². The van der Waals surface area contributed by atoms with Gasteiger partial charge in [0.25, 0.3) is 0 Å². The number of nitrogens with zero attached hydrogens (tertiary/aromatic N) is 1. The third-order valence-electron chi connectivity index (χ3n) is 3.55. The zero-order chi connectivity index (χ0) is 12.7. The lowest BCUT2D eigenvalue weighted by Gasteiger charge is -2.27. The van der Waals surface area contributed by atoms with E-state index in [0.717, 1.165) is 19.0 Å². The fraction of sp³-hybridized carbons (Fsp3) is 0.600. The van der Waals surface area contributed by atoms with Crippen LogP contribution in [-0.4, -0.2) is 13.1 Å². The maximum atomic E-state index is 5.62. The smallest absolute Gasteiger partial charge is 0.0366 e. The number of benzene rings is 1. The molecule has 0 fully saturated rings. The normalized spacial score (nSPS) is 10.9. The van der Waals surface area contributed by atoms with Crippen molar-refractivity contribution in [1.29, 1.82) is 0 Å². The maximum Gasteiger partial charge on any atom is 0.0366 e. The van der Waals surface area contributed by atoms with Crippen LogP contribution in [0.3, 0.4) is 0 Å². The molecule has 0 amide bonds. The topological polar surface area (TPSA) is 29.3 Å². The fourth-order valence-corrected chi connectivity index (χ4v) is 2.12. The highest BCUT2D eigenvalue weighted by Gasteiger charge is 2.10. The first-order chi connectivity index (χ1) is 8.24. The van der Waals surface area contributed by atoms with Gasteiger partial charge in [-0.1, -0.05) is 38.8 Å². The fourth-order valence-electron chi connectivity index (χ4n) is 2.12. The molecule has 1 aromatic carbocycles. The molecule has 1 aromatic rings. The number of rotatable bonds is 7. The second-order valence-corrected chi connectivity index (χ2v) is 4.59. The average molecular weight is 234 g/mol. The second-order valence-electron chi connectivity index (χ2n) is 4.59. The Hall–Kier alpha value is -1.02. The Balaban J connectivity index is 2.71. The molecule has 2 N–H and O–H groups in total. The van der Waals surface area contributed by atoms with Crippen LogP contribution in [0, 0.1) is 5.92 Å². The van der Waals surface area contributed by atoms with Crippen LogP contribution in [0.2, 0.25) is 0 Å². The maximum absolute atomic E-state index is 5.62. The summed E-state index contributed by atoms with van der Waals surface area (Å²) in [7, 11) is 0. The van der Waals surface area contributed by atoms with Gasteiger partial charge in [-0.2, -0.15) is 0 Å². The van der Waals surface area contributed by atoms with Gasteiger partial charge in [0.15, 0.2) is 0 Å². The van der Waals surface area contributed by atoms with Crippen molar-refractivity contribution in [2.45, 2.75) is 40.2 Å². The van der Waals surface area contributed by atoms with Gasteiger partial charge < -0.3 is 10.6 Å². The van der Waals surface area contributed by atoms with Gasteiger partial charge in [0, 0.05) is 25.3 Å². The van der Waals surface area contributed by atoms with Crippen LogP contribution in [0.25, 0.3) is 0 Å². The molecule has 0 bridgehead atoms. The van der Waals surface area contributed by atoms with Crippen molar-refractivity contribution in [3.8, 4) is 0 Å². The summed E-state index contributed by atoms with van der Waals surface area (Å²) in [6.07, 6.45) is 2.52. The highest BCUT2D eigenvalue weighted by Crippen LogP contribution is 2.19. The predicted molar refractivity (Wildman–Crippen MR) is 76.3 cm³/mol. The van der Waals surface area contributed by atoms with Crippen molar-refractivity contribution >= 4 is 5.69 Å². The van der Waals surface area contributed by atoms with Gasteiger partial charge in [-0.15, -0.1) is 0 Å². The molecule has 0 radical (unpaired) electrons. The Morgan fingerprint density at radius 3 is 2.06 bits per heavy atom. The van der Waals surface area contributed by atoms with Crippen molar-refractivity contribution in [2.24, 2.45) is 11.7 Å². The standard InChI is InChI=1S/C15H26N2/c1-4-13(5-2)12-17(6-3)15-9-7-14(11-16)8-10-15/h7-10,13H,4-6,11-12,16H2,1-3H3. The van der Waals surface area contributed by atoms with Crippen molar-refractivity contribution in [1.82, 2.24) is 0 Å². The van der Waals surface area contributed by atoms with Crippen LogP contribution in [0.4, 0.5) is 5.69 Å². The first kappa shape index (κ1) is 14.0. The van der Waals surface area contributed by atoms with E-state index in [4.69, 9.17) is 5.73 Å². The summed E-state index contributed by atoms with van der Waals surface area (Å²) in [4.78, 5) is 2.46. The lowest BCUT2D eigenvalue weighted by atomic mass is 10.0. The molecule has 2 nitrogen and oxygen atoms in total. The molecule has 0 aliphatic heterocycles. The highest BCUT2D eigenvalue weighted by molar-refractivity contribution is 5.47. The number of anilines is 1. The van der Waals surface area contributed by atoms with Crippen molar-refractivity contribution in [3.63, 3.8) is 0 Å². The summed E-state index contributed by atoms with van der Waals surface area (Å²) >= 11 is 0. The van der Waals surface area contributed by atoms with E-state index in [1.54, 1.807) is 0 Å². The zero-order valence-corrected chi connectivity index (χ0v) is 11.4. The van der Waals surface area contributed by atoms with Crippen LogP contribution in [-0.2, 0) is 6.54 Å². The van der Waals surface area contributed by atoms with Crippen molar-refractivity contribution < 1.29 is 0 Å². The van der Waals surface area contributed by atoms with Gasteiger partial charge in [-0.25, -0.2) is 0 Å². The summed E-state index contributed by atoms with van der Waals surface area (Å²) in [6.45, 7) is 9.63. The van der Waals surface area contributed by atoms with Crippen molar-refractivity contribution in [3.05, 3.63) is 29.8 Å². The van der Waals surface area contributed by atoms with Crippen LogP contribution in [0.1, 0.15) is 39.2 Å². The van der Waals surface area contributed by atoms with E-state index in [9.17, 15) is 0 Å². The first-order valence-corrected chi connectivity index (χ1v) is 6.79. The number of hydrogen-bond donors (Lipinski definition) is 1. The van der Waals surface area contributed by atoms with Gasteiger partial charge in [0.1, 0.15) is 0 Å². The van der Waals surface area contributed by atoms with Crippen LogP contribution < -0.4 is 10.6 Å². The van der Waals surface area contributed by atoms with E-state index in [1.165, 1.54) is 24.1 Å². The predicted octanol–water partition coefficient (Wildman–Crippen LogP) is 3.41. The molecule has 1 rings (SSSR count). The van der Waals surface area contributed by atoms with Crippen LogP contribution in [0.5, 0.6) is 0 Å². The van der Waals surface area contributed by atoms with E-state index < -0.39 is 0 Å². The first-order valence-electron chi connectivity index (χ1n) is 6.79. The summed E-state index contributed by atoms with van der Waals surface area (Å²) in [6, 6.07) is 8.64. The summed E-state index contributed by atoms with van der Waals surface area (Å²) < 4.78 is 0. The monoisotopic (exact) mass is 234 g/mol. The molecule has 17 heavy (non-hydrogen) atoms. The quantitative estimate of drug-likeness (QED) is 0.783. The number of nitrogens with two attached hydrogens (primary N) is 1. The summed E-state index contributed by atoms with van der Waals surface area (Å²) in [5, 5.41) is 0. The molecule has 2 heteroatoms. The third kappa shape index (κ3) is 4.04. The van der Waals surface area contributed by atoms with Gasteiger partial charge in [0.05, 0.1) is 0 Å². The number of hydrogen-bond acceptors (Lipinski definition) is 2. The highest BCUT2D eigenvalue weighted by atomic mass is 15.1. The molecule has 0 atom stereocenters. The Bertz CT molecular complexity index is 301. The Labute approximate surface area is 106 Å². The largest absolute Gasteiger partial charge is 0.372 e. The lowest BCUT2D eigenvalue weighted by Crippen LogP contribution is -2.28. The minimum atomic E-state index is 0.624. The minimum absolute atomic E-state index is 0.624. The molecular formula is C15H26N2. The third-order valence-corrected chi connectivity index (χ3v) is 3.55. The Kier molecular flexibility index (Phi) is 6.06. The molecule has 0 saturated carbocycles. The summed E-state index contributed by atoms with van der Waals surface area (Å²) in [5.41, 5.74) is 8.14. The second kappa shape index (κ2) is 7.33. The molecule has 0 heterocycles. The molecule has 96 valence electrons. The average Bonchev–Trinajstić information content (AvgIpc) is 2.40. The van der Waals surface area contributed by atoms with Gasteiger partial charge in [-0.3, -0.25) is 0 Å². The molecule has 0 aliphatic rings. The minimum Gasteiger partial charge on any atom is -0.372 e. The van der Waals surface area contributed by atoms with E-state index in [2.05, 4.69) is 49.9 Å². The van der Waals surface area contributed by atoms with E-state index >= 15 is 0 Å². The Morgan fingerprint density at radius 2 is 1.65 bits per heavy atom. The Morgan fingerprint density at radius 1 is 1.06 bits per heavy atom. The van der Waals surface area contributed by atoms with Crippen LogP contribution >= 0.6 is 0 Å². The van der Waals surface area contributed by atoms with E-state index in [-0.39, 0.29) is 0 Å². The SMILES string of the molecule is CCC(CC)CN(CC)c1ccc(CN)cc1. The van der Waals surface area contributed by atoms with Crippen molar-refractivity contribution in [2.75, 3.05) is 18.0 Å². The van der Waals surface area contributed by atoms with Gasteiger partial charge in [0.2, 0.25) is 0 Å². The van der Waals surface area contributed by atoms with Crippen LogP contribution in [0.15, 0.2) is 24.3 Å². The van der Waals surface area contributed by atoms with Gasteiger partial charge >= 0.3 is 0 Å². The molecule has 0 saturated heterocycles. The molecule has 0 aliphatic carbocycles. The molecule has 0 aromatic heterocycles.